The molecule has 4 nitrogen and oxygen atoms in total. The maximum atomic E-state index is 7.08. The van der Waals surface area contributed by atoms with Crippen molar-refractivity contribution in [1.82, 2.24) is 4.98 Å². The predicted octanol–water partition coefficient (Wildman–Crippen LogP) is 0.363. The lowest BCUT2D eigenvalue weighted by Gasteiger charge is -1.96. The van der Waals surface area contributed by atoms with Crippen molar-refractivity contribution in [3.8, 4) is 0 Å². The second-order valence-corrected chi connectivity index (χ2v) is 2.03. The van der Waals surface area contributed by atoms with E-state index in [-0.39, 0.29) is 5.84 Å². The highest BCUT2D eigenvalue weighted by atomic mass is 14.7. The Balaban J connectivity index is 3.10. The summed E-state index contributed by atoms with van der Waals surface area (Å²) in [5.74, 6) is -0.00417. The van der Waals surface area contributed by atoms with Crippen LogP contribution in [0.15, 0.2) is 18.3 Å². The van der Waals surface area contributed by atoms with E-state index in [0.29, 0.717) is 11.3 Å². The number of amidine groups is 1. The summed E-state index contributed by atoms with van der Waals surface area (Å²) in [6.07, 6.45) is 2.64. The Hall–Kier alpha value is -1.71. The number of hydrogen-bond acceptors (Lipinski definition) is 3. The van der Waals surface area contributed by atoms with E-state index >= 15 is 0 Å². The maximum Gasteiger partial charge on any atom is 0.122 e. The summed E-state index contributed by atoms with van der Waals surface area (Å²) in [5.41, 5.74) is 6.33. The van der Waals surface area contributed by atoms with Crippen molar-refractivity contribution < 1.29 is 0 Å². The van der Waals surface area contributed by atoms with Gasteiger partial charge in [-0.05, 0) is 12.1 Å². The molecule has 0 bridgehead atoms. The first-order valence-corrected chi connectivity index (χ1v) is 3.05. The molecule has 1 heterocycles. The van der Waals surface area contributed by atoms with Gasteiger partial charge in [0.1, 0.15) is 5.84 Å². The largest absolute Gasteiger partial charge is 0.384 e. The van der Waals surface area contributed by atoms with Crippen LogP contribution in [0.3, 0.4) is 0 Å². The first kappa shape index (κ1) is 7.40. The number of nitrogens with two attached hydrogens (primary N) is 1. The van der Waals surface area contributed by atoms with E-state index < -0.39 is 0 Å². The second-order valence-electron chi connectivity index (χ2n) is 2.03. The summed E-state index contributed by atoms with van der Waals surface area (Å²) >= 11 is 0. The normalized spacial score (nSPS) is 9.09. The lowest BCUT2D eigenvalue weighted by molar-refractivity contribution is 1.27. The van der Waals surface area contributed by atoms with Crippen LogP contribution in [0, 0.1) is 10.8 Å². The number of aromatic nitrogens is 1. The average Bonchev–Trinajstić information content (AvgIpc) is 2.05. The molecule has 0 amide bonds. The van der Waals surface area contributed by atoms with Gasteiger partial charge in [0.15, 0.2) is 0 Å². The topological polar surface area (TPSA) is 86.6 Å². The van der Waals surface area contributed by atoms with E-state index in [1.807, 2.05) is 0 Å². The molecule has 0 aliphatic heterocycles. The molecule has 4 N–H and O–H groups in total. The van der Waals surface area contributed by atoms with Crippen LogP contribution < -0.4 is 5.73 Å². The Morgan fingerprint density at radius 1 is 1.64 bits per heavy atom. The molecule has 0 aliphatic rings. The van der Waals surface area contributed by atoms with Crippen LogP contribution in [-0.2, 0) is 0 Å². The zero-order valence-corrected chi connectivity index (χ0v) is 5.83. The van der Waals surface area contributed by atoms with Crippen LogP contribution in [0.2, 0.25) is 0 Å². The number of nitrogen functional groups attached to an aromatic ring is 1. The average molecular weight is 148 g/mol. The standard InChI is InChI=1S/C7H8N4/c8-4-6-3-5(7(9)10)1-2-11-6/h1-4,8H,(H3,9,10). The highest BCUT2D eigenvalue weighted by molar-refractivity contribution is 5.96. The van der Waals surface area contributed by atoms with Gasteiger partial charge in [0.25, 0.3) is 0 Å². The number of hydrogen-bond donors (Lipinski definition) is 3. The molecule has 0 aliphatic carbocycles. The Bertz CT molecular complexity index is 292. The van der Waals surface area contributed by atoms with Crippen molar-refractivity contribution in [2.45, 2.75) is 0 Å². The predicted molar refractivity (Wildman–Crippen MR) is 43.1 cm³/mol. The number of rotatable bonds is 2. The van der Waals surface area contributed by atoms with Crippen LogP contribution in [0.25, 0.3) is 0 Å². The fourth-order valence-electron chi connectivity index (χ4n) is 0.695. The minimum Gasteiger partial charge on any atom is -0.384 e. The van der Waals surface area contributed by atoms with Crippen molar-refractivity contribution in [1.29, 1.82) is 10.8 Å². The lowest BCUT2D eigenvalue weighted by atomic mass is 10.2. The molecule has 0 fully saturated rings. The highest BCUT2D eigenvalue weighted by Crippen LogP contribution is 1.97. The summed E-state index contributed by atoms with van der Waals surface area (Å²) in [5, 5.41) is 14.0. The minimum absolute atomic E-state index is 0.00417. The van der Waals surface area contributed by atoms with Crippen molar-refractivity contribution in [3.63, 3.8) is 0 Å². The van der Waals surface area contributed by atoms with Gasteiger partial charge in [-0.3, -0.25) is 10.4 Å². The van der Waals surface area contributed by atoms with Crippen molar-refractivity contribution >= 4 is 12.1 Å². The minimum atomic E-state index is -0.00417. The molecular weight excluding hydrogens is 140 g/mol. The van der Waals surface area contributed by atoms with E-state index in [0.717, 1.165) is 6.21 Å². The van der Waals surface area contributed by atoms with Crippen molar-refractivity contribution in [2.24, 2.45) is 5.73 Å². The Labute approximate surface area is 64.1 Å². The van der Waals surface area contributed by atoms with Gasteiger partial charge in [-0.2, -0.15) is 0 Å². The van der Waals surface area contributed by atoms with Crippen LogP contribution in [-0.4, -0.2) is 17.0 Å². The maximum absolute atomic E-state index is 7.08. The van der Waals surface area contributed by atoms with Gasteiger partial charge >= 0.3 is 0 Å². The SMILES string of the molecule is N=Cc1cc(C(=N)N)ccn1. The van der Waals surface area contributed by atoms with E-state index in [1.165, 1.54) is 6.20 Å². The molecule has 0 spiro atoms. The lowest BCUT2D eigenvalue weighted by Crippen LogP contribution is -2.11. The molecule has 0 atom stereocenters. The summed E-state index contributed by atoms with van der Waals surface area (Å²) in [6, 6.07) is 3.23. The zero-order chi connectivity index (χ0) is 8.27. The smallest absolute Gasteiger partial charge is 0.122 e. The summed E-state index contributed by atoms with van der Waals surface area (Å²) in [7, 11) is 0. The van der Waals surface area contributed by atoms with Gasteiger partial charge in [-0.25, -0.2) is 0 Å². The molecular formula is C7H8N4. The summed E-state index contributed by atoms with van der Waals surface area (Å²) < 4.78 is 0. The molecule has 0 aromatic carbocycles. The number of nitrogens with one attached hydrogen (secondary N) is 2. The molecule has 1 aromatic rings. The molecule has 0 saturated carbocycles. The van der Waals surface area contributed by atoms with Crippen LogP contribution >= 0.6 is 0 Å². The monoisotopic (exact) mass is 148 g/mol. The molecule has 0 unspecified atom stereocenters. The summed E-state index contributed by atoms with van der Waals surface area (Å²) in [6.45, 7) is 0. The zero-order valence-electron chi connectivity index (χ0n) is 5.83. The third-order valence-electron chi connectivity index (χ3n) is 1.24. The van der Waals surface area contributed by atoms with E-state index in [4.69, 9.17) is 16.6 Å². The quantitative estimate of drug-likeness (QED) is 0.418. The van der Waals surface area contributed by atoms with Gasteiger partial charge in [0.05, 0.1) is 5.69 Å². The third kappa shape index (κ3) is 1.61. The fraction of sp³-hybridized carbons (Fsp3) is 0. The van der Waals surface area contributed by atoms with Crippen molar-refractivity contribution in [3.05, 3.63) is 29.6 Å². The summed E-state index contributed by atoms with van der Waals surface area (Å²) in [4.78, 5) is 3.84. The van der Waals surface area contributed by atoms with E-state index in [2.05, 4.69) is 4.98 Å². The van der Waals surface area contributed by atoms with E-state index in [9.17, 15) is 0 Å². The van der Waals surface area contributed by atoms with Crippen LogP contribution in [0.5, 0.6) is 0 Å². The van der Waals surface area contributed by atoms with Crippen LogP contribution in [0.4, 0.5) is 0 Å². The van der Waals surface area contributed by atoms with Crippen LogP contribution in [0.1, 0.15) is 11.3 Å². The van der Waals surface area contributed by atoms with Crippen molar-refractivity contribution in [2.75, 3.05) is 0 Å². The first-order valence-electron chi connectivity index (χ1n) is 3.05. The molecule has 11 heavy (non-hydrogen) atoms. The Kier molecular flexibility index (Phi) is 1.96. The first-order chi connectivity index (χ1) is 5.24. The van der Waals surface area contributed by atoms with Gasteiger partial charge in [0, 0.05) is 18.0 Å². The van der Waals surface area contributed by atoms with Gasteiger partial charge in [0.2, 0.25) is 0 Å². The molecule has 0 saturated heterocycles. The highest BCUT2D eigenvalue weighted by Gasteiger charge is 1.95. The molecule has 56 valence electrons. The van der Waals surface area contributed by atoms with Gasteiger partial charge < -0.3 is 11.1 Å². The third-order valence-corrected chi connectivity index (χ3v) is 1.24. The Morgan fingerprint density at radius 2 is 2.36 bits per heavy atom. The Morgan fingerprint density at radius 3 is 2.91 bits per heavy atom. The van der Waals surface area contributed by atoms with Gasteiger partial charge in [-0.15, -0.1) is 0 Å². The van der Waals surface area contributed by atoms with E-state index in [1.54, 1.807) is 12.1 Å². The molecule has 4 heteroatoms. The molecule has 0 radical (unpaired) electrons. The molecule has 1 aromatic heterocycles. The van der Waals surface area contributed by atoms with Gasteiger partial charge in [-0.1, -0.05) is 0 Å². The second kappa shape index (κ2) is 2.92. The molecule has 1 rings (SSSR count). The number of pyridine rings is 1. The fourth-order valence-corrected chi connectivity index (χ4v) is 0.695. The number of nitrogens with zero attached hydrogens (tertiary/aromatic N) is 1.